The molecule has 51 heavy (non-hydrogen) atoms. The summed E-state index contributed by atoms with van der Waals surface area (Å²) >= 11 is 0. The minimum absolute atomic E-state index is 0.610. The van der Waals surface area contributed by atoms with Crippen molar-refractivity contribution in [3.8, 4) is 22.6 Å². The van der Waals surface area contributed by atoms with Crippen molar-refractivity contribution in [1.29, 1.82) is 0 Å². The number of anilines is 10. The number of hydrogen-bond donors (Lipinski definition) is 0. The number of aromatic nitrogens is 1. The van der Waals surface area contributed by atoms with Crippen molar-refractivity contribution in [2.75, 3.05) is 33.7 Å². The number of oxazole rings is 1. The molecule has 0 spiro atoms. The van der Waals surface area contributed by atoms with Crippen molar-refractivity contribution >= 4 is 68.0 Å². The average molecular weight is 660 g/mol. The maximum atomic E-state index is 6.22. The fourth-order valence-corrected chi connectivity index (χ4v) is 7.67. The monoisotopic (exact) mass is 659 g/mol. The third-order valence-corrected chi connectivity index (χ3v) is 10.1. The van der Waals surface area contributed by atoms with Gasteiger partial charge in [0.2, 0.25) is 5.89 Å². The summed E-state index contributed by atoms with van der Waals surface area (Å²) in [4.78, 5) is 14.2. The number of rotatable bonds is 4. The Morgan fingerprint density at radius 2 is 0.824 bits per heavy atom. The lowest BCUT2D eigenvalue weighted by molar-refractivity contribution is 0.620. The summed E-state index contributed by atoms with van der Waals surface area (Å²) in [7, 11) is 4.29. The number of para-hydroxylation sites is 10. The van der Waals surface area contributed by atoms with Crippen LogP contribution in [0.2, 0.25) is 0 Å². The number of fused-ring (bicyclic) bond motifs is 5. The summed E-state index contributed by atoms with van der Waals surface area (Å²) in [5.74, 6) is 0.610. The predicted octanol–water partition coefficient (Wildman–Crippen LogP) is 12.3. The van der Waals surface area contributed by atoms with E-state index < -0.39 is 0 Å². The number of nitrogens with zero attached hydrogens (tertiary/aromatic N) is 5. The first kappa shape index (κ1) is 29.2. The molecule has 0 unspecified atom stereocenters. The maximum Gasteiger partial charge on any atom is 0.227 e. The highest BCUT2D eigenvalue weighted by molar-refractivity contribution is 6.02. The van der Waals surface area contributed by atoms with Crippen LogP contribution in [0.4, 0.5) is 56.9 Å². The average Bonchev–Trinajstić information content (AvgIpc) is 3.63. The summed E-state index contributed by atoms with van der Waals surface area (Å²) in [6.07, 6.45) is 0. The third kappa shape index (κ3) is 4.61. The van der Waals surface area contributed by atoms with E-state index in [9.17, 15) is 0 Å². The molecule has 244 valence electrons. The molecule has 2 aliphatic heterocycles. The molecule has 0 atom stereocenters. The predicted molar refractivity (Wildman–Crippen MR) is 210 cm³/mol. The topological polar surface area (TPSA) is 39.0 Å². The van der Waals surface area contributed by atoms with Crippen LogP contribution < -0.4 is 19.6 Å². The van der Waals surface area contributed by atoms with E-state index in [0.717, 1.165) is 84.7 Å². The van der Waals surface area contributed by atoms with E-state index in [4.69, 9.17) is 9.40 Å². The first-order valence-corrected chi connectivity index (χ1v) is 17.2. The standard InChI is InChI=1S/C45H33N5O/c1-47-36-17-4-8-21-40(36)49(41-22-9-5-18-37(41)47)33-27-32(30-14-13-15-31(26-30)45-46-35-16-3-12-25-44(35)51-45)28-34(29-33)50-42-23-10-6-19-38(42)48(2)39-20-7-11-24-43(39)50/h3-29H,1-2H3. The fraction of sp³-hybridized carbons (Fsp3) is 0.0444. The van der Waals surface area contributed by atoms with Crippen LogP contribution in [0, 0.1) is 0 Å². The molecule has 0 bridgehead atoms. The highest BCUT2D eigenvalue weighted by Gasteiger charge is 2.31. The minimum Gasteiger partial charge on any atom is -0.436 e. The van der Waals surface area contributed by atoms with E-state index in [1.165, 1.54) is 0 Å². The van der Waals surface area contributed by atoms with Gasteiger partial charge in [0, 0.05) is 31.0 Å². The molecule has 7 aromatic carbocycles. The smallest absolute Gasteiger partial charge is 0.227 e. The van der Waals surface area contributed by atoms with Crippen LogP contribution in [-0.4, -0.2) is 19.1 Å². The van der Waals surface area contributed by atoms with Crippen molar-refractivity contribution in [1.82, 2.24) is 4.98 Å². The van der Waals surface area contributed by atoms with E-state index in [1.54, 1.807) is 0 Å². The third-order valence-electron chi connectivity index (χ3n) is 10.1. The summed E-state index contributed by atoms with van der Waals surface area (Å²) in [6, 6.07) is 57.9. The molecule has 0 radical (unpaired) electrons. The molecule has 0 saturated carbocycles. The first-order chi connectivity index (χ1) is 25.1. The Hall–Kier alpha value is -6.79. The Morgan fingerprint density at radius 3 is 1.31 bits per heavy atom. The van der Waals surface area contributed by atoms with Crippen molar-refractivity contribution in [3.63, 3.8) is 0 Å². The molecule has 0 N–H and O–H groups in total. The summed E-state index contributed by atoms with van der Waals surface area (Å²) < 4.78 is 6.22. The maximum absolute atomic E-state index is 6.22. The Balaban J connectivity index is 1.22. The Bertz CT molecular complexity index is 2380. The second-order valence-corrected chi connectivity index (χ2v) is 13.0. The lowest BCUT2D eigenvalue weighted by Gasteiger charge is -2.40. The Labute approximate surface area is 296 Å². The van der Waals surface area contributed by atoms with Gasteiger partial charge in [-0.15, -0.1) is 0 Å². The van der Waals surface area contributed by atoms with Gasteiger partial charge < -0.3 is 24.0 Å². The van der Waals surface area contributed by atoms with Gasteiger partial charge in [-0.3, -0.25) is 0 Å². The number of benzene rings is 7. The molecule has 0 saturated heterocycles. The van der Waals surface area contributed by atoms with E-state index in [-0.39, 0.29) is 0 Å². The first-order valence-electron chi connectivity index (χ1n) is 17.2. The van der Waals surface area contributed by atoms with E-state index in [2.05, 4.69) is 173 Å². The van der Waals surface area contributed by atoms with Gasteiger partial charge in [0.05, 0.1) is 45.5 Å². The van der Waals surface area contributed by atoms with Gasteiger partial charge in [-0.1, -0.05) is 72.8 Å². The minimum atomic E-state index is 0.610. The van der Waals surface area contributed by atoms with Crippen molar-refractivity contribution in [2.45, 2.75) is 0 Å². The van der Waals surface area contributed by atoms with Crippen molar-refractivity contribution < 1.29 is 4.42 Å². The molecule has 1 aromatic heterocycles. The largest absolute Gasteiger partial charge is 0.436 e. The van der Waals surface area contributed by atoms with Gasteiger partial charge in [0.1, 0.15) is 5.52 Å². The van der Waals surface area contributed by atoms with Crippen LogP contribution in [0.15, 0.2) is 168 Å². The van der Waals surface area contributed by atoms with Gasteiger partial charge >= 0.3 is 0 Å². The highest BCUT2D eigenvalue weighted by Crippen LogP contribution is 2.54. The molecule has 0 fully saturated rings. The van der Waals surface area contributed by atoms with E-state index in [0.29, 0.717) is 5.89 Å². The zero-order valence-electron chi connectivity index (χ0n) is 28.2. The lowest BCUT2D eigenvalue weighted by atomic mass is 9.98. The molecular formula is C45H33N5O. The lowest BCUT2D eigenvalue weighted by Crippen LogP contribution is -2.25. The molecule has 8 aromatic rings. The molecule has 6 heteroatoms. The molecule has 10 rings (SSSR count). The molecule has 2 aliphatic rings. The summed E-state index contributed by atoms with van der Waals surface area (Å²) in [5, 5.41) is 0. The van der Waals surface area contributed by atoms with Crippen LogP contribution >= 0.6 is 0 Å². The Kier molecular flexibility index (Phi) is 6.51. The molecule has 0 amide bonds. The zero-order valence-corrected chi connectivity index (χ0v) is 28.2. The SMILES string of the molecule is CN1c2ccccc2N(c2cc(-c3cccc(-c4nc5ccccc5o4)c3)cc(N3c4ccccc4N(C)c4ccccc43)c2)c2ccccc21. The molecule has 6 nitrogen and oxygen atoms in total. The van der Waals surface area contributed by atoms with Gasteiger partial charge in [0.25, 0.3) is 0 Å². The summed E-state index contributed by atoms with van der Waals surface area (Å²) in [5.41, 5.74) is 16.0. The van der Waals surface area contributed by atoms with Gasteiger partial charge in [-0.2, -0.15) is 0 Å². The number of hydrogen-bond acceptors (Lipinski definition) is 6. The second kappa shape index (κ2) is 11.4. The highest BCUT2D eigenvalue weighted by atomic mass is 16.3. The second-order valence-electron chi connectivity index (χ2n) is 13.0. The summed E-state index contributed by atoms with van der Waals surface area (Å²) in [6.45, 7) is 0. The fourth-order valence-electron chi connectivity index (χ4n) is 7.67. The molecular weight excluding hydrogens is 627 g/mol. The van der Waals surface area contributed by atoms with Gasteiger partial charge in [0.15, 0.2) is 5.58 Å². The van der Waals surface area contributed by atoms with Crippen LogP contribution in [0.25, 0.3) is 33.7 Å². The van der Waals surface area contributed by atoms with Crippen molar-refractivity contribution in [2.24, 2.45) is 0 Å². The quantitative estimate of drug-likeness (QED) is 0.187. The molecule has 0 aliphatic carbocycles. The van der Waals surface area contributed by atoms with Crippen molar-refractivity contribution in [3.05, 3.63) is 164 Å². The van der Waals surface area contributed by atoms with E-state index >= 15 is 0 Å². The van der Waals surface area contributed by atoms with Crippen LogP contribution in [0.5, 0.6) is 0 Å². The Morgan fingerprint density at radius 1 is 0.392 bits per heavy atom. The van der Waals surface area contributed by atoms with Gasteiger partial charge in [-0.25, -0.2) is 4.98 Å². The molecule has 3 heterocycles. The van der Waals surface area contributed by atoms with Gasteiger partial charge in [-0.05, 0) is 102 Å². The van der Waals surface area contributed by atoms with Crippen LogP contribution in [0.1, 0.15) is 0 Å². The van der Waals surface area contributed by atoms with Crippen LogP contribution in [-0.2, 0) is 0 Å². The van der Waals surface area contributed by atoms with Crippen LogP contribution in [0.3, 0.4) is 0 Å². The zero-order chi connectivity index (χ0) is 34.1. The normalized spacial score (nSPS) is 13.1. The van der Waals surface area contributed by atoms with E-state index in [1.807, 2.05) is 24.3 Å².